The van der Waals surface area contributed by atoms with Crippen LogP contribution in [0.5, 0.6) is 0 Å². The van der Waals surface area contributed by atoms with Gasteiger partial charge in [-0.25, -0.2) is 4.39 Å². The van der Waals surface area contributed by atoms with E-state index in [0.29, 0.717) is 31.6 Å². The summed E-state index contributed by atoms with van der Waals surface area (Å²) < 4.78 is 13.5. The molecule has 1 aromatic rings. The van der Waals surface area contributed by atoms with Gasteiger partial charge < -0.3 is 15.1 Å². The van der Waals surface area contributed by atoms with Crippen LogP contribution in [0.25, 0.3) is 0 Å². The van der Waals surface area contributed by atoms with Crippen molar-refractivity contribution < 1.29 is 14.0 Å². The molecule has 2 amide bonds. The van der Waals surface area contributed by atoms with Crippen LogP contribution in [-0.4, -0.2) is 54.3 Å². The van der Waals surface area contributed by atoms with Gasteiger partial charge in [-0.3, -0.25) is 9.59 Å². The number of anilines is 1. The van der Waals surface area contributed by atoms with Crippen LogP contribution in [0.3, 0.4) is 0 Å². The van der Waals surface area contributed by atoms with Gasteiger partial charge in [-0.1, -0.05) is 26.8 Å². The Balaban J connectivity index is 2.22. The lowest BCUT2D eigenvalue weighted by atomic mass is 9.84. The van der Waals surface area contributed by atoms with Crippen molar-refractivity contribution in [3.8, 4) is 0 Å². The number of likely N-dealkylation sites (tertiary alicyclic amines) is 1. The molecule has 1 aromatic carbocycles. The van der Waals surface area contributed by atoms with Gasteiger partial charge in [0.15, 0.2) is 0 Å². The standard InChI is InChI=1S/C19H28FN3O2/c1-18(2,3)16(24)23-11-9-19(10-12-23,17(25)22(4)5)21-15-8-6-7-14(20)13-15/h6-8,13,21H,9-12H2,1-5H3. The van der Waals surface area contributed by atoms with Crippen molar-refractivity contribution in [2.75, 3.05) is 32.5 Å². The summed E-state index contributed by atoms with van der Waals surface area (Å²) in [5.41, 5.74) is -0.696. The van der Waals surface area contributed by atoms with Gasteiger partial charge >= 0.3 is 0 Å². The summed E-state index contributed by atoms with van der Waals surface area (Å²) in [7, 11) is 3.42. The van der Waals surface area contributed by atoms with Gasteiger partial charge in [-0.15, -0.1) is 0 Å². The van der Waals surface area contributed by atoms with E-state index >= 15 is 0 Å². The molecule has 0 bridgehead atoms. The third-order valence-electron chi connectivity index (χ3n) is 4.57. The normalized spacial score (nSPS) is 17.1. The molecule has 1 saturated heterocycles. The summed E-state index contributed by atoms with van der Waals surface area (Å²) in [5.74, 6) is -0.318. The maximum atomic E-state index is 13.5. The molecule has 0 radical (unpaired) electrons. The molecule has 0 aliphatic carbocycles. The zero-order valence-corrected chi connectivity index (χ0v) is 15.7. The molecule has 1 aliphatic rings. The lowest BCUT2D eigenvalue weighted by Gasteiger charge is -2.44. The monoisotopic (exact) mass is 349 g/mol. The van der Waals surface area contributed by atoms with Gasteiger partial charge in [0.25, 0.3) is 0 Å². The second-order valence-electron chi connectivity index (χ2n) is 7.96. The fourth-order valence-corrected chi connectivity index (χ4v) is 3.23. The molecule has 0 unspecified atom stereocenters. The first-order chi connectivity index (χ1) is 11.5. The van der Waals surface area contributed by atoms with E-state index in [1.807, 2.05) is 25.7 Å². The van der Waals surface area contributed by atoms with Crippen molar-refractivity contribution in [1.29, 1.82) is 0 Å². The number of halogens is 1. The topological polar surface area (TPSA) is 52.7 Å². The molecule has 6 heteroatoms. The first kappa shape index (κ1) is 19.2. The van der Waals surface area contributed by atoms with E-state index in [4.69, 9.17) is 0 Å². The number of hydrogen-bond acceptors (Lipinski definition) is 3. The summed E-state index contributed by atoms with van der Waals surface area (Å²) in [6.07, 6.45) is 0.977. The van der Waals surface area contributed by atoms with Crippen LogP contribution in [0, 0.1) is 11.2 Å². The summed E-state index contributed by atoms with van der Waals surface area (Å²) in [6.45, 7) is 6.68. The summed E-state index contributed by atoms with van der Waals surface area (Å²) in [5, 5.41) is 3.25. The Kier molecular flexibility index (Phi) is 5.40. The van der Waals surface area contributed by atoms with E-state index in [0.717, 1.165) is 0 Å². The number of piperidine rings is 1. The number of rotatable bonds is 3. The van der Waals surface area contributed by atoms with Crippen molar-refractivity contribution in [3.05, 3.63) is 30.1 Å². The highest BCUT2D eigenvalue weighted by Gasteiger charge is 2.44. The Morgan fingerprint density at radius 1 is 1.20 bits per heavy atom. The lowest BCUT2D eigenvalue weighted by Crippen LogP contribution is -2.59. The molecule has 1 aliphatic heterocycles. The third-order valence-corrected chi connectivity index (χ3v) is 4.57. The number of benzene rings is 1. The zero-order chi connectivity index (χ0) is 18.8. The predicted octanol–water partition coefficient (Wildman–Crippen LogP) is 2.73. The molecule has 1 fully saturated rings. The maximum absolute atomic E-state index is 13.5. The summed E-state index contributed by atoms with van der Waals surface area (Å²) >= 11 is 0. The average Bonchev–Trinajstić information content (AvgIpc) is 2.53. The van der Waals surface area contributed by atoms with E-state index in [9.17, 15) is 14.0 Å². The smallest absolute Gasteiger partial charge is 0.247 e. The van der Waals surface area contributed by atoms with Gasteiger partial charge in [0, 0.05) is 38.3 Å². The second kappa shape index (κ2) is 7.02. The minimum absolute atomic E-state index is 0.0559. The van der Waals surface area contributed by atoms with Crippen molar-refractivity contribution >= 4 is 17.5 Å². The van der Waals surface area contributed by atoms with Crippen LogP contribution in [-0.2, 0) is 9.59 Å². The molecular weight excluding hydrogens is 321 g/mol. The van der Waals surface area contributed by atoms with Gasteiger partial charge in [-0.05, 0) is 31.0 Å². The van der Waals surface area contributed by atoms with Crippen LogP contribution < -0.4 is 5.32 Å². The largest absolute Gasteiger partial charge is 0.371 e. The molecule has 1 N–H and O–H groups in total. The van der Waals surface area contributed by atoms with Crippen LogP contribution >= 0.6 is 0 Å². The molecule has 138 valence electrons. The minimum Gasteiger partial charge on any atom is -0.371 e. The fraction of sp³-hybridized carbons (Fsp3) is 0.579. The van der Waals surface area contributed by atoms with Crippen LogP contribution in [0.2, 0.25) is 0 Å². The molecule has 2 rings (SSSR count). The van der Waals surface area contributed by atoms with E-state index in [2.05, 4.69) is 5.32 Å². The predicted molar refractivity (Wildman–Crippen MR) is 96.7 cm³/mol. The molecule has 0 aromatic heterocycles. The third kappa shape index (κ3) is 4.30. The second-order valence-corrected chi connectivity index (χ2v) is 7.96. The van der Waals surface area contributed by atoms with E-state index in [-0.39, 0.29) is 17.6 Å². The van der Waals surface area contributed by atoms with Gasteiger partial charge in [0.05, 0.1) is 0 Å². The molecule has 0 spiro atoms. The highest BCUT2D eigenvalue weighted by Crippen LogP contribution is 2.31. The Bertz CT molecular complexity index is 644. The molecule has 25 heavy (non-hydrogen) atoms. The summed E-state index contributed by atoms with van der Waals surface area (Å²) in [6, 6.07) is 6.12. The molecule has 5 nitrogen and oxygen atoms in total. The minimum atomic E-state index is -0.827. The fourth-order valence-electron chi connectivity index (χ4n) is 3.23. The number of nitrogens with one attached hydrogen (secondary N) is 1. The van der Waals surface area contributed by atoms with Crippen molar-refractivity contribution in [1.82, 2.24) is 9.80 Å². The van der Waals surface area contributed by atoms with Crippen LogP contribution in [0.4, 0.5) is 10.1 Å². The average molecular weight is 349 g/mol. The quantitative estimate of drug-likeness (QED) is 0.913. The Labute approximate surface area is 149 Å². The van der Waals surface area contributed by atoms with Gasteiger partial charge in [-0.2, -0.15) is 0 Å². The maximum Gasteiger partial charge on any atom is 0.247 e. The first-order valence-electron chi connectivity index (χ1n) is 8.60. The van der Waals surface area contributed by atoms with Crippen LogP contribution in [0.15, 0.2) is 24.3 Å². The molecule has 0 saturated carbocycles. The number of likely N-dealkylation sites (N-methyl/N-ethyl adjacent to an activating group) is 1. The number of hydrogen-bond donors (Lipinski definition) is 1. The SMILES string of the molecule is CN(C)C(=O)C1(Nc2cccc(F)c2)CCN(C(=O)C(C)(C)C)CC1. The van der Waals surface area contributed by atoms with E-state index in [1.54, 1.807) is 31.1 Å². The number of nitrogens with zero attached hydrogens (tertiary/aromatic N) is 2. The molecule has 0 atom stereocenters. The van der Waals surface area contributed by atoms with Crippen LogP contribution in [0.1, 0.15) is 33.6 Å². The van der Waals surface area contributed by atoms with Crippen molar-refractivity contribution in [2.24, 2.45) is 5.41 Å². The first-order valence-corrected chi connectivity index (χ1v) is 8.60. The highest BCUT2D eigenvalue weighted by atomic mass is 19.1. The van der Waals surface area contributed by atoms with E-state index in [1.165, 1.54) is 12.1 Å². The van der Waals surface area contributed by atoms with Crippen molar-refractivity contribution in [2.45, 2.75) is 39.2 Å². The molecular formula is C19H28FN3O2. The summed E-state index contributed by atoms with van der Waals surface area (Å²) in [4.78, 5) is 28.7. The Hall–Kier alpha value is -2.11. The number of carbonyl (C=O) groups is 2. The van der Waals surface area contributed by atoms with Gasteiger partial charge in [0.2, 0.25) is 11.8 Å². The Morgan fingerprint density at radius 3 is 2.28 bits per heavy atom. The molecule has 1 heterocycles. The lowest BCUT2D eigenvalue weighted by molar-refractivity contribution is -0.144. The van der Waals surface area contributed by atoms with Gasteiger partial charge in [0.1, 0.15) is 11.4 Å². The van der Waals surface area contributed by atoms with Crippen molar-refractivity contribution in [3.63, 3.8) is 0 Å². The van der Waals surface area contributed by atoms with E-state index < -0.39 is 11.0 Å². The Morgan fingerprint density at radius 2 is 1.80 bits per heavy atom. The zero-order valence-electron chi connectivity index (χ0n) is 15.7. The highest BCUT2D eigenvalue weighted by molar-refractivity contribution is 5.90. The number of amides is 2. The number of carbonyl (C=O) groups excluding carboxylic acids is 2.